The van der Waals surface area contributed by atoms with E-state index in [4.69, 9.17) is 23.8 Å². The van der Waals surface area contributed by atoms with Crippen LogP contribution in [0.1, 0.15) is 13.8 Å². The number of hydroxylamine groups is 2. The summed E-state index contributed by atoms with van der Waals surface area (Å²) < 4.78 is -0.394. The van der Waals surface area contributed by atoms with Gasteiger partial charge in [0.25, 0.3) is 0 Å². The van der Waals surface area contributed by atoms with Crippen molar-refractivity contribution in [3.63, 3.8) is 0 Å². The van der Waals surface area contributed by atoms with Crippen molar-refractivity contribution in [1.82, 2.24) is 15.5 Å². The Hall–Kier alpha value is -2.53. The maximum atomic E-state index is 12.6. The number of nitrogens with zero attached hydrogens (tertiary/aromatic N) is 2. The molecule has 4 amide bonds. The van der Waals surface area contributed by atoms with Crippen LogP contribution in [0.5, 0.6) is 0 Å². The number of nitrogens with one attached hydrogen (secondary N) is 3. The molecule has 2 aromatic carbocycles. The van der Waals surface area contributed by atoms with Crippen LogP contribution < -0.4 is 16.1 Å². The quantitative estimate of drug-likeness (QED) is 0.296. The molecule has 8 nitrogen and oxygen atoms in total. The normalized spacial score (nSPS) is 17.4. The number of para-hydroxylation sites is 1. The van der Waals surface area contributed by atoms with E-state index < -0.39 is 23.0 Å². The molecule has 4 N–H and O–H groups in total. The van der Waals surface area contributed by atoms with Gasteiger partial charge < -0.3 is 10.6 Å². The number of anilines is 2. The van der Waals surface area contributed by atoms with Gasteiger partial charge in [0.2, 0.25) is 0 Å². The van der Waals surface area contributed by atoms with Crippen molar-refractivity contribution in [3.05, 3.63) is 59.6 Å². The zero-order chi connectivity index (χ0) is 21.9. The number of urea groups is 2. The van der Waals surface area contributed by atoms with Crippen molar-refractivity contribution in [2.45, 2.75) is 24.8 Å². The Morgan fingerprint density at radius 2 is 1.70 bits per heavy atom. The lowest BCUT2D eigenvalue weighted by Gasteiger charge is -2.36. The van der Waals surface area contributed by atoms with E-state index in [1.165, 1.54) is 16.8 Å². The summed E-state index contributed by atoms with van der Waals surface area (Å²) in [5, 5.41) is 18.3. The van der Waals surface area contributed by atoms with Crippen LogP contribution >= 0.6 is 35.6 Å². The van der Waals surface area contributed by atoms with Crippen molar-refractivity contribution >= 4 is 63.3 Å². The van der Waals surface area contributed by atoms with Crippen molar-refractivity contribution in [1.29, 1.82) is 0 Å². The smallest absolute Gasteiger partial charge is 0.307 e. The number of thioether (sulfide) groups is 1. The second-order valence-corrected chi connectivity index (χ2v) is 9.65. The summed E-state index contributed by atoms with van der Waals surface area (Å²) in [5.74, 6) is 0. The molecule has 1 aliphatic heterocycles. The Labute approximate surface area is 188 Å². The van der Waals surface area contributed by atoms with Gasteiger partial charge in [-0.05, 0) is 50.2 Å². The average molecular weight is 466 g/mol. The summed E-state index contributed by atoms with van der Waals surface area (Å²) >= 11 is 12.5. The molecule has 1 heterocycles. The summed E-state index contributed by atoms with van der Waals surface area (Å²) in [7, 11) is 0. The molecule has 1 unspecified atom stereocenters. The molecular formula is C19H20ClN5O3S2. The van der Waals surface area contributed by atoms with Crippen molar-refractivity contribution < 1.29 is 14.8 Å². The van der Waals surface area contributed by atoms with Gasteiger partial charge in [0.1, 0.15) is 0 Å². The van der Waals surface area contributed by atoms with Crippen LogP contribution in [0, 0.1) is 0 Å². The summed E-state index contributed by atoms with van der Waals surface area (Å²) in [6.07, 6.45) is -0.955. The highest BCUT2D eigenvalue weighted by Gasteiger charge is 2.50. The Morgan fingerprint density at radius 1 is 1.10 bits per heavy atom. The van der Waals surface area contributed by atoms with Crippen molar-refractivity contribution in [3.8, 4) is 0 Å². The predicted molar refractivity (Wildman–Crippen MR) is 123 cm³/mol. The van der Waals surface area contributed by atoms with Crippen molar-refractivity contribution in [2.75, 3.05) is 10.6 Å². The summed E-state index contributed by atoms with van der Waals surface area (Å²) in [5.41, 5.74) is 3.65. The predicted octanol–water partition coefficient (Wildman–Crippen LogP) is 4.74. The standard InChI is InChI=1S/C19H20ClN5O3S2/c1-19(2)15(25(28)17(27)22-14-10-8-12(20)9-11-14)24(18(29)30-19)23-16(26)21-13-6-4-3-5-7-13/h3-11,15,28H,1-2H3,(H,22,27)(H2,21,23,26). The Kier molecular flexibility index (Phi) is 6.71. The molecule has 0 saturated carbocycles. The first-order chi connectivity index (χ1) is 14.2. The number of carbonyl (C=O) groups is 2. The maximum Gasteiger partial charge on any atom is 0.347 e. The van der Waals surface area contributed by atoms with Crippen molar-refractivity contribution in [2.24, 2.45) is 0 Å². The van der Waals surface area contributed by atoms with Gasteiger partial charge >= 0.3 is 12.1 Å². The molecule has 3 rings (SSSR count). The maximum absolute atomic E-state index is 12.6. The molecule has 158 valence electrons. The number of rotatable bonds is 4. The molecule has 0 aliphatic carbocycles. The van der Waals surface area contributed by atoms with Gasteiger partial charge in [-0.15, -0.1) is 0 Å². The van der Waals surface area contributed by atoms with Gasteiger partial charge in [0.15, 0.2) is 10.5 Å². The van der Waals surface area contributed by atoms with E-state index in [2.05, 4.69) is 16.1 Å². The molecule has 0 radical (unpaired) electrons. The molecule has 0 spiro atoms. The molecule has 1 aliphatic rings. The van der Waals surface area contributed by atoms with E-state index in [0.717, 1.165) is 0 Å². The van der Waals surface area contributed by atoms with E-state index in [0.29, 0.717) is 25.8 Å². The first-order valence-electron chi connectivity index (χ1n) is 8.87. The molecule has 1 fully saturated rings. The molecule has 0 aromatic heterocycles. The van der Waals surface area contributed by atoms with Gasteiger partial charge in [-0.2, -0.15) is 5.06 Å². The number of hydrogen-bond donors (Lipinski definition) is 4. The van der Waals surface area contributed by atoms with Crippen LogP contribution in [0.3, 0.4) is 0 Å². The number of amides is 4. The summed E-state index contributed by atoms with van der Waals surface area (Å²) in [4.78, 5) is 25.1. The third-order valence-corrected chi connectivity index (χ3v) is 6.01. The number of halogens is 1. The Bertz CT molecular complexity index is 943. The number of hydrogen-bond acceptors (Lipinski definition) is 5. The first kappa shape index (κ1) is 22.2. The number of thiocarbonyl (C=S) groups is 1. The Morgan fingerprint density at radius 3 is 2.33 bits per heavy atom. The minimum Gasteiger partial charge on any atom is -0.307 e. The Balaban J connectivity index is 1.73. The molecule has 30 heavy (non-hydrogen) atoms. The molecular weight excluding hydrogens is 446 g/mol. The molecule has 2 aromatic rings. The third kappa shape index (κ3) is 5.14. The monoisotopic (exact) mass is 465 g/mol. The van der Waals surface area contributed by atoms with Crippen LogP contribution in [-0.2, 0) is 0 Å². The van der Waals surface area contributed by atoms with Gasteiger partial charge in [-0.25, -0.2) is 20.0 Å². The SMILES string of the molecule is CC1(C)SC(=S)N(NC(=O)Nc2ccccc2)C1N(O)C(=O)Nc1ccc(Cl)cc1. The third-order valence-electron chi connectivity index (χ3n) is 4.20. The zero-order valence-corrected chi connectivity index (χ0v) is 18.5. The number of hydrazine groups is 1. The highest BCUT2D eigenvalue weighted by Crippen LogP contribution is 2.41. The summed E-state index contributed by atoms with van der Waals surface area (Å²) in [6, 6.07) is 14.0. The zero-order valence-electron chi connectivity index (χ0n) is 16.1. The number of benzene rings is 2. The molecule has 1 atom stereocenters. The fourth-order valence-corrected chi connectivity index (χ4v) is 4.78. The van der Waals surface area contributed by atoms with Gasteiger partial charge in [0, 0.05) is 16.4 Å². The molecule has 0 bridgehead atoms. The van der Waals surface area contributed by atoms with Crippen LogP contribution in [0.4, 0.5) is 21.0 Å². The number of carbonyl (C=O) groups excluding carboxylic acids is 2. The fraction of sp³-hybridized carbons (Fsp3) is 0.211. The van der Waals surface area contributed by atoms with E-state index in [-0.39, 0.29) is 0 Å². The summed E-state index contributed by atoms with van der Waals surface area (Å²) in [6.45, 7) is 3.62. The van der Waals surface area contributed by atoms with E-state index >= 15 is 0 Å². The van der Waals surface area contributed by atoms with E-state index in [1.807, 2.05) is 19.9 Å². The highest BCUT2D eigenvalue weighted by molar-refractivity contribution is 8.24. The largest absolute Gasteiger partial charge is 0.347 e. The van der Waals surface area contributed by atoms with Gasteiger partial charge in [-0.1, -0.05) is 53.8 Å². The lowest BCUT2D eigenvalue weighted by atomic mass is 10.1. The van der Waals surface area contributed by atoms with Gasteiger partial charge in [-0.3, -0.25) is 5.21 Å². The minimum atomic E-state index is -0.955. The fourth-order valence-electron chi connectivity index (χ4n) is 2.86. The topological polar surface area (TPSA) is 96.9 Å². The first-order valence-corrected chi connectivity index (χ1v) is 10.5. The van der Waals surface area contributed by atoms with Crippen LogP contribution in [0.25, 0.3) is 0 Å². The minimum absolute atomic E-state index is 0.312. The van der Waals surface area contributed by atoms with E-state index in [9.17, 15) is 14.8 Å². The molecule has 11 heteroatoms. The second-order valence-electron chi connectivity index (χ2n) is 6.93. The molecule has 1 saturated heterocycles. The average Bonchev–Trinajstić information content (AvgIpc) is 2.91. The second kappa shape index (κ2) is 9.09. The highest BCUT2D eigenvalue weighted by atomic mass is 35.5. The lowest BCUT2D eigenvalue weighted by Crippen LogP contribution is -2.60. The van der Waals surface area contributed by atoms with Crippen LogP contribution in [-0.4, -0.2) is 42.6 Å². The van der Waals surface area contributed by atoms with Gasteiger partial charge in [0.05, 0.1) is 4.75 Å². The van der Waals surface area contributed by atoms with Crippen LogP contribution in [0.2, 0.25) is 5.02 Å². The van der Waals surface area contributed by atoms with Crippen LogP contribution in [0.15, 0.2) is 54.6 Å². The lowest BCUT2D eigenvalue weighted by molar-refractivity contribution is -0.120. The van der Waals surface area contributed by atoms with E-state index in [1.54, 1.807) is 48.5 Å².